The summed E-state index contributed by atoms with van der Waals surface area (Å²) in [5.74, 6) is 1.60. The third-order valence-electron chi connectivity index (χ3n) is 2.89. The summed E-state index contributed by atoms with van der Waals surface area (Å²) < 4.78 is 12.2. The Bertz CT molecular complexity index is 701. The van der Waals surface area contributed by atoms with Crippen molar-refractivity contribution in [3.8, 4) is 17.1 Å². The molecule has 3 heteroatoms. The van der Waals surface area contributed by atoms with Crippen molar-refractivity contribution in [1.29, 1.82) is 0 Å². The molecule has 0 saturated carbocycles. The van der Waals surface area contributed by atoms with Gasteiger partial charge in [-0.1, -0.05) is 24.3 Å². The van der Waals surface area contributed by atoms with Crippen molar-refractivity contribution in [2.24, 2.45) is 0 Å². The Kier molecular flexibility index (Phi) is 2.84. The summed E-state index contributed by atoms with van der Waals surface area (Å²) >= 11 is 3.60. The van der Waals surface area contributed by atoms with E-state index in [9.17, 15) is 0 Å². The third kappa shape index (κ3) is 1.71. The number of halogens is 1. The minimum atomic E-state index is 0.800. The lowest BCUT2D eigenvalue weighted by atomic mass is 10.1. The fraction of sp³-hybridized carbons (Fsp3) is 0.0667. The maximum absolute atomic E-state index is 5.90. The number of rotatable bonds is 2. The van der Waals surface area contributed by atoms with Crippen LogP contribution in [0, 0.1) is 0 Å². The number of methoxy groups -OCH3 is 1. The highest BCUT2D eigenvalue weighted by Gasteiger charge is 2.16. The maximum Gasteiger partial charge on any atom is 0.153 e. The normalized spacial score (nSPS) is 10.8. The molecule has 2 nitrogen and oxygen atoms in total. The molecule has 0 atom stereocenters. The van der Waals surface area contributed by atoms with Gasteiger partial charge in [-0.15, -0.1) is 0 Å². The van der Waals surface area contributed by atoms with Gasteiger partial charge in [0.1, 0.15) is 11.3 Å². The molecule has 0 saturated heterocycles. The van der Waals surface area contributed by atoms with Crippen molar-refractivity contribution in [2.75, 3.05) is 7.11 Å². The molecule has 0 N–H and O–H groups in total. The molecule has 3 rings (SSSR count). The van der Waals surface area contributed by atoms with Crippen LogP contribution in [0.2, 0.25) is 0 Å². The standard InChI is InChI=1S/C15H11BrO2/c1-17-12-8-4-3-7-11(12)15-14(16)10-6-2-5-9-13(10)18-15/h2-9H,1H3. The van der Waals surface area contributed by atoms with Gasteiger partial charge in [0, 0.05) is 5.39 Å². The predicted octanol–water partition coefficient (Wildman–Crippen LogP) is 4.87. The van der Waals surface area contributed by atoms with E-state index in [1.165, 1.54) is 0 Å². The largest absolute Gasteiger partial charge is 0.496 e. The highest BCUT2D eigenvalue weighted by Crippen LogP contribution is 2.40. The Morgan fingerprint density at radius 2 is 1.72 bits per heavy atom. The second-order valence-corrected chi connectivity index (χ2v) is 4.73. The van der Waals surface area contributed by atoms with Crippen molar-refractivity contribution in [1.82, 2.24) is 0 Å². The number of benzene rings is 2. The number of fused-ring (bicyclic) bond motifs is 1. The Morgan fingerprint density at radius 3 is 2.50 bits per heavy atom. The summed E-state index contributed by atoms with van der Waals surface area (Å²) in [6.45, 7) is 0. The van der Waals surface area contributed by atoms with Gasteiger partial charge in [-0.3, -0.25) is 0 Å². The first-order valence-electron chi connectivity index (χ1n) is 5.61. The molecule has 1 heterocycles. The fourth-order valence-electron chi connectivity index (χ4n) is 2.02. The van der Waals surface area contributed by atoms with E-state index in [4.69, 9.17) is 9.15 Å². The molecule has 3 aromatic rings. The van der Waals surface area contributed by atoms with Crippen LogP contribution in [0.5, 0.6) is 5.75 Å². The van der Waals surface area contributed by atoms with Gasteiger partial charge >= 0.3 is 0 Å². The Balaban J connectivity index is 2.28. The number of hydrogen-bond acceptors (Lipinski definition) is 2. The third-order valence-corrected chi connectivity index (χ3v) is 3.67. The molecule has 90 valence electrons. The molecule has 0 aliphatic carbocycles. The molecular weight excluding hydrogens is 292 g/mol. The van der Waals surface area contributed by atoms with Gasteiger partial charge in [-0.05, 0) is 40.2 Å². The van der Waals surface area contributed by atoms with E-state index in [-0.39, 0.29) is 0 Å². The van der Waals surface area contributed by atoms with Crippen LogP contribution in [0.15, 0.2) is 57.4 Å². The second kappa shape index (κ2) is 4.50. The van der Waals surface area contributed by atoms with E-state index in [0.29, 0.717) is 0 Å². The minimum Gasteiger partial charge on any atom is -0.496 e. The first-order chi connectivity index (χ1) is 8.81. The van der Waals surface area contributed by atoms with E-state index in [1.807, 2.05) is 48.5 Å². The van der Waals surface area contributed by atoms with Crippen molar-refractivity contribution in [3.63, 3.8) is 0 Å². The van der Waals surface area contributed by atoms with Gasteiger partial charge in [-0.2, -0.15) is 0 Å². The molecule has 0 radical (unpaired) electrons. The average Bonchev–Trinajstić information content (AvgIpc) is 2.76. The molecule has 0 aliphatic heterocycles. The smallest absolute Gasteiger partial charge is 0.153 e. The monoisotopic (exact) mass is 302 g/mol. The van der Waals surface area contributed by atoms with E-state index >= 15 is 0 Å². The lowest BCUT2D eigenvalue weighted by Crippen LogP contribution is -1.86. The van der Waals surface area contributed by atoms with E-state index in [0.717, 1.165) is 32.5 Å². The summed E-state index contributed by atoms with van der Waals surface area (Å²) in [5.41, 5.74) is 1.81. The van der Waals surface area contributed by atoms with Crippen LogP contribution in [0.4, 0.5) is 0 Å². The van der Waals surface area contributed by atoms with E-state index in [1.54, 1.807) is 7.11 Å². The van der Waals surface area contributed by atoms with Gasteiger partial charge in [0.2, 0.25) is 0 Å². The maximum atomic E-state index is 5.90. The van der Waals surface area contributed by atoms with Crippen molar-refractivity contribution >= 4 is 26.9 Å². The van der Waals surface area contributed by atoms with Gasteiger partial charge < -0.3 is 9.15 Å². The van der Waals surface area contributed by atoms with Crippen LogP contribution in [-0.2, 0) is 0 Å². The van der Waals surface area contributed by atoms with Crippen LogP contribution >= 0.6 is 15.9 Å². The molecule has 0 amide bonds. The molecular formula is C15H11BrO2. The summed E-state index contributed by atoms with van der Waals surface area (Å²) in [6.07, 6.45) is 0. The molecule has 18 heavy (non-hydrogen) atoms. The van der Waals surface area contributed by atoms with Gasteiger partial charge in [0.25, 0.3) is 0 Å². The number of ether oxygens (including phenoxy) is 1. The number of para-hydroxylation sites is 2. The van der Waals surface area contributed by atoms with E-state index in [2.05, 4.69) is 15.9 Å². The summed E-state index contributed by atoms with van der Waals surface area (Å²) in [7, 11) is 1.66. The molecule has 0 fully saturated rings. The number of hydrogen-bond donors (Lipinski definition) is 0. The zero-order chi connectivity index (χ0) is 12.5. The molecule has 0 unspecified atom stereocenters. The quantitative estimate of drug-likeness (QED) is 0.674. The van der Waals surface area contributed by atoms with Crippen molar-refractivity contribution in [2.45, 2.75) is 0 Å². The van der Waals surface area contributed by atoms with Gasteiger partial charge in [0.05, 0.1) is 17.1 Å². The Labute approximate surface area is 113 Å². The van der Waals surface area contributed by atoms with Crippen molar-refractivity contribution in [3.05, 3.63) is 53.0 Å². The van der Waals surface area contributed by atoms with Gasteiger partial charge in [0.15, 0.2) is 5.76 Å². The lowest BCUT2D eigenvalue weighted by molar-refractivity contribution is 0.415. The summed E-state index contributed by atoms with van der Waals surface area (Å²) in [6, 6.07) is 15.8. The first-order valence-corrected chi connectivity index (χ1v) is 6.41. The van der Waals surface area contributed by atoms with Crippen LogP contribution in [0.3, 0.4) is 0 Å². The SMILES string of the molecule is COc1ccccc1-c1oc2ccccc2c1Br. The first kappa shape index (κ1) is 11.4. The van der Waals surface area contributed by atoms with Crippen LogP contribution in [0.25, 0.3) is 22.3 Å². The highest BCUT2D eigenvalue weighted by molar-refractivity contribution is 9.10. The molecule has 0 aliphatic rings. The van der Waals surface area contributed by atoms with Crippen LogP contribution in [-0.4, -0.2) is 7.11 Å². The zero-order valence-electron chi connectivity index (χ0n) is 9.81. The average molecular weight is 303 g/mol. The number of furan rings is 1. The van der Waals surface area contributed by atoms with Crippen LogP contribution in [0.1, 0.15) is 0 Å². The summed E-state index contributed by atoms with van der Waals surface area (Å²) in [4.78, 5) is 0. The molecule has 2 aromatic carbocycles. The zero-order valence-corrected chi connectivity index (χ0v) is 11.4. The Morgan fingerprint density at radius 1 is 1.00 bits per heavy atom. The second-order valence-electron chi connectivity index (χ2n) is 3.94. The molecule has 0 spiro atoms. The fourth-order valence-corrected chi connectivity index (χ4v) is 2.64. The predicted molar refractivity (Wildman–Crippen MR) is 75.9 cm³/mol. The van der Waals surface area contributed by atoms with Crippen molar-refractivity contribution < 1.29 is 9.15 Å². The molecule has 1 aromatic heterocycles. The Hall–Kier alpha value is -1.74. The summed E-state index contributed by atoms with van der Waals surface area (Å²) in [5, 5.41) is 1.07. The lowest BCUT2D eigenvalue weighted by Gasteiger charge is -2.05. The topological polar surface area (TPSA) is 22.4 Å². The highest BCUT2D eigenvalue weighted by atomic mass is 79.9. The van der Waals surface area contributed by atoms with Crippen LogP contribution < -0.4 is 4.74 Å². The molecule has 0 bridgehead atoms. The van der Waals surface area contributed by atoms with Gasteiger partial charge in [-0.25, -0.2) is 0 Å². The van der Waals surface area contributed by atoms with E-state index < -0.39 is 0 Å². The minimum absolute atomic E-state index is 0.800.